The molecule has 6 nitrogen and oxygen atoms in total. The van der Waals surface area contributed by atoms with Crippen LogP contribution in [-0.4, -0.2) is 41.8 Å². The van der Waals surface area contributed by atoms with E-state index in [-0.39, 0.29) is 11.6 Å². The van der Waals surface area contributed by atoms with Crippen molar-refractivity contribution in [2.24, 2.45) is 5.92 Å². The van der Waals surface area contributed by atoms with Crippen LogP contribution in [0.4, 0.5) is 4.79 Å². The molecule has 0 spiro atoms. The molecule has 2 aromatic carbocycles. The number of carboxylic acid groups (broad SMARTS) is 1. The molecule has 0 aliphatic carbocycles. The minimum Gasteiger partial charge on any atom is -0.478 e. The molecule has 28 heavy (non-hydrogen) atoms. The average molecular weight is 382 g/mol. The molecule has 0 saturated carbocycles. The normalized spacial score (nSPS) is 14.4. The minimum absolute atomic E-state index is 0.113. The number of urea groups is 1. The molecule has 3 rings (SSSR count). The predicted molar refractivity (Wildman–Crippen MR) is 106 cm³/mol. The maximum Gasteiger partial charge on any atom is 0.335 e. The van der Waals surface area contributed by atoms with Gasteiger partial charge in [0.25, 0.3) is 0 Å². The quantitative estimate of drug-likeness (QED) is 0.768. The Morgan fingerprint density at radius 2 is 1.68 bits per heavy atom. The second kappa shape index (κ2) is 9.90. The number of rotatable bonds is 7. The molecule has 6 heteroatoms. The average Bonchev–Trinajstić information content (AvgIpc) is 2.73. The van der Waals surface area contributed by atoms with E-state index in [1.165, 1.54) is 0 Å². The first-order chi connectivity index (χ1) is 13.6. The number of amides is 2. The zero-order valence-electron chi connectivity index (χ0n) is 15.8. The first-order valence-electron chi connectivity index (χ1n) is 9.58. The van der Waals surface area contributed by atoms with Crippen molar-refractivity contribution in [2.75, 3.05) is 19.8 Å². The second-order valence-corrected chi connectivity index (χ2v) is 7.08. The number of carbonyl (C=O) groups is 2. The highest BCUT2D eigenvalue weighted by molar-refractivity contribution is 5.87. The van der Waals surface area contributed by atoms with Crippen LogP contribution in [0.3, 0.4) is 0 Å². The van der Waals surface area contributed by atoms with Crippen molar-refractivity contribution in [3.8, 4) is 0 Å². The van der Waals surface area contributed by atoms with Crippen molar-refractivity contribution >= 4 is 12.0 Å². The largest absolute Gasteiger partial charge is 0.478 e. The predicted octanol–water partition coefficient (Wildman–Crippen LogP) is 3.52. The third-order valence-electron chi connectivity index (χ3n) is 4.97. The van der Waals surface area contributed by atoms with E-state index in [0.29, 0.717) is 25.6 Å². The van der Waals surface area contributed by atoms with E-state index < -0.39 is 5.97 Å². The summed E-state index contributed by atoms with van der Waals surface area (Å²) in [6, 6.07) is 16.4. The highest BCUT2D eigenvalue weighted by Crippen LogP contribution is 2.18. The molecule has 0 aromatic heterocycles. The van der Waals surface area contributed by atoms with Crippen LogP contribution in [0.5, 0.6) is 0 Å². The van der Waals surface area contributed by atoms with Crippen molar-refractivity contribution in [1.29, 1.82) is 0 Å². The molecule has 0 radical (unpaired) electrons. The molecule has 2 N–H and O–H groups in total. The van der Waals surface area contributed by atoms with E-state index in [4.69, 9.17) is 9.84 Å². The lowest BCUT2D eigenvalue weighted by molar-refractivity contribution is 0.0555. The van der Waals surface area contributed by atoms with Gasteiger partial charge in [-0.25, -0.2) is 9.59 Å². The summed E-state index contributed by atoms with van der Waals surface area (Å²) in [5, 5.41) is 11.9. The van der Waals surface area contributed by atoms with Crippen molar-refractivity contribution in [2.45, 2.75) is 25.9 Å². The SMILES string of the molecule is O=C(O)c1ccc(CNC(=O)N(Cc2ccccc2)CC2CCOCC2)cc1. The molecule has 1 aliphatic rings. The Balaban J connectivity index is 1.62. The molecule has 0 unspecified atom stereocenters. The topological polar surface area (TPSA) is 78.9 Å². The Bertz CT molecular complexity index is 771. The second-order valence-electron chi connectivity index (χ2n) is 7.08. The van der Waals surface area contributed by atoms with Crippen molar-refractivity contribution in [3.05, 3.63) is 71.3 Å². The molecule has 1 fully saturated rings. The fourth-order valence-corrected chi connectivity index (χ4v) is 3.32. The first kappa shape index (κ1) is 19.9. The Hall–Kier alpha value is -2.86. The van der Waals surface area contributed by atoms with Crippen molar-refractivity contribution < 1.29 is 19.4 Å². The summed E-state index contributed by atoms with van der Waals surface area (Å²) in [5.41, 5.74) is 2.19. The van der Waals surface area contributed by atoms with E-state index in [9.17, 15) is 9.59 Å². The molecular formula is C22H26N2O4. The Morgan fingerprint density at radius 3 is 2.32 bits per heavy atom. The molecule has 2 aromatic rings. The van der Waals surface area contributed by atoms with Crippen molar-refractivity contribution in [1.82, 2.24) is 10.2 Å². The van der Waals surface area contributed by atoms with Gasteiger partial charge in [0.05, 0.1) is 5.56 Å². The van der Waals surface area contributed by atoms with Crippen LogP contribution in [0.1, 0.15) is 34.3 Å². The lowest BCUT2D eigenvalue weighted by Gasteiger charge is -2.30. The number of benzene rings is 2. The van der Waals surface area contributed by atoms with Gasteiger partial charge in [0, 0.05) is 32.8 Å². The summed E-state index contributed by atoms with van der Waals surface area (Å²) in [6.07, 6.45) is 1.93. The van der Waals surface area contributed by atoms with Crippen LogP contribution >= 0.6 is 0 Å². The van der Waals surface area contributed by atoms with E-state index in [2.05, 4.69) is 5.32 Å². The zero-order chi connectivity index (χ0) is 19.8. The maximum atomic E-state index is 12.9. The Labute approximate surface area is 165 Å². The summed E-state index contributed by atoms with van der Waals surface area (Å²) in [7, 11) is 0. The van der Waals surface area contributed by atoms with Crippen LogP contribution in [0.15, 0.2) is 54.6 Å². The van der Waals surface area contributed by atoms with Crippen LogP contribution in [0.2, 0.25) is 0 Å². The number of ether oxygens (including phenoxy) is 1. The zero-order valence-corrected chi connectivity index (χ0v) is 15.8. The third-order valence-corrected chi connectivity index (χ3v) is 4.97. The van der Waals surface area contributed by atoms with Gasteiger partial charge in [0.15, 0.2) is 0 Å². The number of nitrogens with one attached hydrogen (secondary N) is 1. The molecule has 1 aliphatic heterocycles. The van der Waals surface area contributed by atoms with Gasteiger partial charge in [0.2, 0.25) is 0 Å². The van der Waals surface area contributed by atoms with Crippen LogP contribution in [-0.2, 0) is 17.8 Å². The molecular weight excluding hydrogens is 356 g/mol. The summed E-state index contributed by atoms with van der Waals surface area (Å²) in [6.45, 7) is 3.12. The first-order valence-corrected chi connectivity index (χ1v) is 9.58. The Kier molecular flexibility index (Phi) is 7.03. The number of hydrogen-bond acceptors (Lipinski definition) is 3. The minimum atomic E-state index is -0.957. The number of nitrogens with zero attached hydrogens (tertiary/aromatic N) is 1. The van der Waals surface area contributed by atoms with Crippen LogP contribution < -0.4 is 5.32 Å². The highest BCUT2D eigenvalue weighted by Gasteiger charge is 2.21. The maximum absolute atomic E-state index is 12.9. The molecule has 2 amide bonds. The van der Waals surface area contributed by atoms with Gasteiger partial charge >= 0.3 is 12.0 Å². The van der Waals surface area contributed by atoms with Crippen molar-refractivity contribution in [3.63, 3.8) is 0 Å². The standard InChI is InChI=1S/C22H26N2O4/c25-21(26)20-8-6-17(7-9-20)14-23-22(27)24(15-18-4-2-1-3-5-18)16-19-10-12-28-13-11-19/h1-9,19H,10-16H2,(H,23,27)(H,25,26). The van der Waals surface area contributed by atoms with Gasteiger partial charge in [-0.3, -0.25) is 0 Å². The van der Waals surface area contributed by atoms with Crippen LogP contribution in [0, 0.1) is 5.92 Å². The lowest BCUT2D eigenvalue weighted by Crippen LogP contribution is -2.42. The van der Waals surface area contributed by atoms with Gasteiger partial charge < -0.3 is 20.1 Å². The van der Waals surface area contributed by atoms with E-state index in [1.807, 2.05) is 35.2 Å². The number of carbonyl (C=O) groups excluding carboxylic acids is 1. The molecule has 0 bridgehead atoms. The van der Waals surface area contributed by atoms with Crippen LogP contribution in [0.25, 0.3) is 0 Å². The number of aromatic carboxylic acids is 1. The highest BCUT2D eigenvalue weighted by atomic mass is 16.5. The van der Waals surface area contributed by atoms with E-state index in [1.54, 1.807) is 24.3 Å². The molecule has 0 atom stereocenters. The van der Waals surface area contributed by atoms with E-state index in [0.717, 1.165) is 37.2 Å². The van der Waals surface area contributed by atoms with Gasteiger partial charge in [-0.2, -0.15) is 0 Å². The van der Waals surface area contributed by atoms with Gasteiger partial charge in [-0.15, -0.1) is 0 Å². The Morgan fingerprint density at radius 1 is 1.00 bits per heavy atom. The number of hydrogen-bond donors (Lipinski definition) is 2. The fraction of sp³-hybridized carbons (Fsp3) is 0.364. The summed E-state index contributed by atoms with van der Waals surface area (Å²) < 4.78 is 5.43. The molecule has 1 saturated heterocycles. The summed E-state index contributed by atoms with van der Waals surface area (Å²) in [4.78, 5) is 25.7. The monoisotopic (exact) mass is 382 g/mol. The van der Waals surface area contributed by atoms with Gasteiger partial charge in [-0.05, 0) is 42.0 Å². The number of carboxylic acids is 1. The molecule has 1 heterocycles. The smallest absolute Gasteiger partial charge is 0.335 e. The molecule has 148 valence electrons. The summed E-state index contributed by atoms with van der Waals surface area (Å²) in [5.74, 6) is -0.515. The summed E-state index contributed by atoms with van der Waals surface area (Å²) >= 11 is 0. The van der Waals surface area contributed by atoms with Gasteiger partial charge in [0.1, 0.15) is 0 Å². The third kappa shape index (κ3) is 5.82. The lowest BCUT2D eigenvalue weighted by atomic mass is 9.99. The fourth-order valence-electron chi connectivity index (χ4n) is 3.32. The van der Waals surface area contributed by atoms with E-state index >= 15 is 0 Å². The van der Waals surface area contributed by atoms with Gasteiger partial charge in [-0.1, -0.05) is 42.5 Å².